The molecule has 16 heavy (non-hydrogen) atoms. The van der Waals surface area contributed by atoms with E-state index in [0.29, 0.717) is 0 Å². The zero-order valence-electron chi connectivity index (χ0n) is 9.26. The van der Waals surface area contributed by atoms with Crippen molar-refractivity contribution < 1.29 is 5.11 Å². The third-order valence-electron chi connectivity index (χ3n) is 2.63. The standard InChI is InChI=1S/C13H15NOS/c1-16-9-7-13(15)11-4-2-6-12-10(11)5-3-8-14-12/h2-6,8,13,15H,7,9H2,1H3. The van der Waals surface area contributed by atoms with Crippen molar-refractivity contribution in [3.63, 3.8) is 0 Å². The topological polar surface area (TPSA) is 33.1 Å². The molecule has 0 bridgehead atoms. The van der Waals surface area contributed by atoms with Gasteiger partial charge in [0.1, 0.15) is 0 Å². The Morgan fingerprint density at radius 1 is 1.31 bits per heavy atom. The molecule has 0 saturated carbocycles. The summed E-state index contributed by atoms with van der Waals surface area (Å²) in [6.07, 6.45) is 4.23. The third-order valence-corrected chi connectivity index (χ3v) is 3.28. The first-order valence-corrected chi connectivity index (χ1v) is 6.73. The van der Waals surface area contributed by atoms with E-state index >= 15 is 0 Å². The van der Waals surface area contributed by atoms with E-state index in [1.165, 1.54) is 0 Å². The lowest BCUT2D eigenvalue weighted by Crippen LogP contribution is -2.00. The van der Waals surface area contributed by atoms with E-state index in [-0.39, 0.29) is 6.10 Å². The van der Waals surface area contributed by atoms with Crippen molar-refractivity contribution in [2.75, 3.05) is 12.0 Å². The van der Waals surface area contributed by atoms with Gasteiger partial charge in [-0.25, -0.2) is 0 Å². The molecule has 1 aromatic carbocycles. The zero-order valence-corrected chi connectivity index (χ0v) is 10.1. The summed E-state index contributed by atoms with van der Waals surface area (Å²) in [6, 6.07) is 9.83. The van der Waals surface area contributed by atoms with E-state index in [1.54, 1.807) is 18.0 Å². The number of thioether (sulfide) groups is 1. The number of aliphatic hydroxyl groups excluding tert-OH is 1. The second-order valence-corrected chi connectivity index (χ2v) is 4.70. The monoisotopic (exact) mass is 233 g/mol. The first kappa shape index (κ1) is 11.4. The lowest BCUT2D eigenvalue weighted by Gasteiger charge is -2.12. The van der Waals surface area contributed by atoms with Gasteiger partial charge in [-0.2, -0.15) is 11.8 Å². The van der Waals surface area contributed by atoms with Crippen molar-refractivity contribution in [3.05, 3.63) is 42.1 Å². The highest BCUT2D eigenvalue weighted by Gasteiger charge is 2.10. The van der Waals surface area contributed by atoms with Crippen LogP contribution in [0.5, 0.6) is 0 Å². The molecule has 1 aromatic heterocycles. The van der Waals surface area contributed by atoms with Crippen LogP contribution in [-0.2, 0) is 0 Å². The van der Waals surface area contributed by atoms with Crippen molar-refractivity contribution in [3.8, 4) is 0 Å². The molecule has 2 rings (SSSR count). The lowest BCUT2D eigenvalue weighted by atomic mass is 10.0. The van der Waals surface area contributed by atoms with Crippen molar-refractivity contribution >= 4 is 22.7 Å². The predicted molar refractivity (Wildman–Crippen MR) is 69.7 cm³/mol. The quantitative estimate of drug-likeness (QED) is 0.881. The van der Waals surface area contributed by atoms with Crippen LogP contribution in [-0.4, -0.2) is 22.1 Å². The van der Waals surface area contributed by atoms with Gasteiger partial charge in [0.2, 0.25) is 0 Å². The van der Waals surface area contributed by atoms with Crippen molar-refractivity contribution in [2.45, 2.75) is 12.5 Å². The van der Waals surface area contributed by atoms with Crippen LogP contribution in [0.25, 0.3) is 10.9 Å². The fourth-order valence-electron chi connectivity index (χ4n) is 1.80. The molecule has 1 atom stereocenters. The average molecular weight is 233 g/mol. The second kappa shape index (κ2) is 5.32. The number of hydrogen-bond acceptors (Lipinski definition) is 3. The Morgan fingerprint density at radius 3 is 3.00 bits per heavy atom. The second-order valence-electron chi connectivity index (χ2n) is 3.71. The van der Waals surface area contributed by atoms with Gasteiger partial charge in [-0.1, -0.05) is 18.2 Å². The van der Waals surface area contributed by atoms with Crippen LogP contribution in [0.4, 0.5) is 0 Å². The smallest absolute Gasteiger partial charge is 0.0804 e. The summed E-state index contributed by atoms with van der Waals surface area (Å²) in [5.41, 5.74) is 1.93. The highest BCUT2D eigenvalue weighted by atomic mass is 32.2. The zero-order chi connectivity index (χ0) is 11.4. The predicted octanol–water partition coefficient (Wildman–Crippen LogP) is 3.02. The number of fused-ring (bicyclic) bond motifs is 1. The Kier molecular flexibility index (Phi) is 3.80. The molecule has 1 unspecified atom stereocenters. The Morgan fingerprint density at radius 2 is 2.19 bits per heavy atom. The molecule has 0 spiro atoms. The summed E-state index contributed by atoms with van der Waals surface area (Å²) in [5, 5.41) is 11.2. The SMILES string of the molecule is CSCCC(O)c1cccc2ncccc12. The van der Waals surface area contributed by atoms with Crippen LogP contribution in [0.1, 0.15) is 18.1 Å². The lowest BCUT2D eigenvalue weighted by molar-refractivity contribution is 0.176. The summed E-state index contributed by atoms with van der Waals surface area (Å²) >= 11 is 1.75. The van der Waals surface area contributed by atoms with Crippen LogP contribution in [0.2, 0.25) is 0 Å². The fourth-order valence-corrected chi connectivity index (χ4v) is 2.26. The Bertz CT molecular complexity index is 467. The summed E-state index contributed by atoms with van der Waals surface area (Å²) in [6.45, 7) is 0. The molecule has 0 aliphatic carbocycles. The van der Waals surface area contributed by atoms with E-state index in [2.05, 4.69) is 11.2 Å². The highest BCUT2D eigenvalue weighted by molar-refractivity contribution is 7.98. The minimum absolute atomic E-state index is 0.389. The molecular weight excluding hydrogens is 218 g/mol. The van der Waals surface area contributed by atoms with Gasteiger partial charge in [0.25, 0.3) is 0 Å². The summed E-state index contributed by atoms with van der Waals surface area (Å²) in [5.74, 6) is 0.970. The molecule has 2 aromatic rings. The third kappa shape index (κ3) is 2.36. The molecule has 0 fully saturated rings. The van der Waals surface area contributed by atoms with Gasteiger partial charge in [0.15, 0.2) is 0 Å². The van der Waals surface area contributed by atoms with Crippen LogP contribution in [0.15, 0.2) is 36.5 Å². The van der Waals surface area contributed by atoms with Crippen molar-refractivity contribution in [2.24, 2.45) is 0 Å². The number of benzene rings is 1. The maximum Gasteiger partial charge on any atom is 0.0804 e. The normalized spacial score (nSPS) is 12.9. The van der Waals surface area contributed by atoms with Crippen LogP contribution in [0.3, 0.4) is 0 Å². The Balaban J connectivity index is 2.36. The van der Waals surface area contributed by atoms with Gasteiger partial charge >= 0.3 is 0 Å². The number of rotatable bonds is 4. The highest BCUT2D eigenvalue weighted by Crippen LogP contribution is 2.25. The van der Waals surface area contributed by atoms with Crippen LogP contribution in [0, 0.1) is 0 Å². The summed E-state index contributed by atoms with van der Waals surface area (Å²) < 4.78 is 0. The van der Waals surface area contributed by atoms with Crippen molar-refractivity contribution in [1.82, 2.24) is 4.98 Å². The Hall–Kier alpha value is -1.06. The first-order chi connectivity index (χ1) is 7.83. The number of pyridine rings is 1. The first-order valence-electron chi connectivity index (χ1n) is 5.33. The minimum Gasteiger partial charge on any atom is -0.388 e. The molecule has 84 valence electrons. The maximum atomic E-state index is 10.1. The van der Waals surface area contributed by atoms with E-state index in [0.717, 1.165) is 28.6 Å². The van der Waals surface area contributed by atoms with Gasteiger partial charge in [0.05, 0.1) is 11.6 Å². The summed E-state index contributed by atoms with van der Waals surface area (Å²) in [4.78, 5) is 4.29. The van der Waals surface area contributed by atoms with E-state index < -0.39 is 0 Å². The largest absolute Gasteiger partial charge is 0.388 e. The molecular formula is C13H15NOS. The van der Waals surface area contributed by atoms with Gasteiger partial charge in [-0.15, -0.1) is 0 Å². The van der Waals surface area contributed by atoms with Gasteiger partial charge in [-0.05, 0) is 36.1 Å². The average Bonchev–Trinajstić information content (AvgIpc) is 2.35. The molecule has 0 aliphatic heterocycles. The van der Waals surface area contributed by atoms with Gasteiger partial charge < -0.3 is 5.11 Å². The Labute approximate surface area is 99.7 Å². The number of hydrogen-bond donors (Lipinski definition) is 1. The van der Waals surface area contributed by atoms with E-state index in [4.69, 9.17) is 0 Å². The van der Waals surface area contributed by atoms with Crippen LogP contribution < -0.4 is 0 Å². The maximum absolute atomic E-state index is 10.1. The number of aliphatic hydroxyl groups is 1. The molecule has 2 nitrogen and oxygen atoms in total. The molecule has 3 heteroatoms. The van der Waals surface area contributed by atoms with Gasteiger partial charge in [-0.3, -0.25) is 4.98 Å². The molecule has 0 saturated heterocycles. The summed E-state index contributed by atoms with van der Waals surface area (Å²) in [7, 11) is 0. The molecule has 0 amide bonds. The van der Waals surface area contributed by atoms with Crippen molar-refractivity contribution in [1.29, 1.82) is 0 Å². The fraction of sp³-hybridized carbons (Fsp3) is 0.308. The van der Waals surface area contributed by atoms with Crippen LogP contribution >= 0.6 is 11.8 Å². The minimum atomic E-state index is -0.389. The number of aromatic nitrogens is 1. The molecule has 0 radical (unpaired) electrons. The molecule has 1 N–H and O–H groups in total. The van der Waals surface area contributed by atoms with E-state index in [9.17, 15) is 5.11 Å². The van der Waals surface area contributed by atoms with E-state index in [1.807, 2.05) is 30.3 Å². The molecule has 0 aliphatic rings. The number of nitrogens with zero attached hydrogens (tertiary/aromatic N) is 1. The molecule has 1 heterocycles. The van der Waals surface area contributed by atoms with Gasteiger partial charge in [0, 0.05) is 11.6 Å².